The van der Waals surface area contributed by atoms with Gasteiger partial charge in [-0.15, -0.1) is 0 Å². The van der Waals surface area contributed by atoms with Crippen molar-refractivity contribution in [1.82, 2.24) is 20.0 Å². The van der Waals surface area contributed by atoms with Crippen LogP contribution >= 0.6 is 0 Å². The molecule has 0 aliphatic carbocycles. The summed E-state index contributed by atoms with van der Waals surface area (Å²) in [7, 11) is 1.71. The zero-order valence-electron chi connectivity index (χ0n) is 13.5. The molecule has 1 aromatic carbocycles. The SMILES string of the molecule is C[C@H](c1ccon1)N(C)C(=O)CCc1nc2ccccc2[nH]c1=O. The maximum atomic E-state index is 12.4. The van der Waals surface area contributed by atoms with Gasteiger partial charge in [0.1, 0.15) is 17.7 Å². The smallest absolute Gasteiger partial charge is 0.270 e. The Bertz CT molecular complexity index is 902. The first-order chi connectivity index (χ1) is 11.6. The van der Waals surface area contributed by atoms with Gasteiger partial charge in [0.15, 0.2) is 0 Å². The lowest BCUT2D eigenvalue weighted by Crippen LogP contribution is -2.30. The third-order valence-electron chi connectivity index (χ3n) is 4.11. The molecular weight excluding hydrogens is 308 g/mol. The number of para-hydroxylation sites is 2. The molecule has 7 nitrogen and oxygen atoms in total. The third-order valence-corrected chi connectivity index (χ3v) is 4.11. The first-order valence-corrected chi connectivity index (χ1v) is 7.70. The Morgan fingerprint density at radius 3 is 2.88 bits per heavy atom. The summed E-state index contributed by atoms with van der Waals surface area (Å²) in [5.41, 5.74) is 2.20. The number of aromatic amines is 1. The second-order valence-electron chi connectivity index (χ2n) is 5.63. The van der Waals surface area contributed by atoms with Gasteiger partial charge in [0.25, 0.3) is 5.56 Å². The molecule has 0 aliphatic rings. The van der Waals surface area contributed by atoms with E-state index in [1.165, 1.54) is 6.26 Å². The fraction of sp³-hybridized carbons (Fsp3) is 0.294. The maximum Gasteiger partial charge on any atom is 0.270 e. The van der Waals surface area contributed by atoms with Crippen molar-refractivity contribution in [2.24, 2.45) is 0 Å². The average molecular weight is 326 g/mol. The number of rotatable bonds is 5. The van der Waals surface area contributed by atoms with Crippen molar-refractivity contribution in [3.05, 3.63) is 58.3 Å². The van der Waals surface area contributed by atoms with Gasteiger partial charge in [0, 0.05) is 26.0 Å². The van der Waals surface area contributed by atoms with E-state index in [-0.39, 0.29) is 30.3 Å². The molecule has 124 valence electrons. The minimum Gasteiger partial charge on any atom is -0.364 e. The Kier molecular flexibility index (Phi) is 4.41. The first kappa shape index (κ1) is 15.9. The van der Waals surface area contributed by atoms with Crippen molar-refractivity contribution in [1.29, 1.82) is 0 Å². The quantitative estimate of drug-likeness (QED) is 0.775. The molecule has 24 heavy (non-hydrogen) atoms. The van der Waals surface area contributed by atoms with E-state index >= 15 is 0 Å². The Hall–Kier alpha value is -2.96. The molecule has 1 atom stereocenters. The number of nitrogens with zero attached hydrogens (tertiary/aromatic N) is 3. The molecule has 0 saturated heterocycles. The van der Waals surface area contributed by atoms with Crippen LogP contribution in [0.2, 0.25) is 0 Å². The molecule has 1 amide bonds. The van der Waals surface area contributed by atoms with E-state index in [1.807, 2.05) is 25.1 Å². The molecule has 0 radical (unpaired) electrons. The summed E-state index contributed by atoms with van der Waals surface area (Å²) in [6, 6.07) is 8.85. The number of fused-ring (bicyclic) bond motifs is 1. The second-order valence-corrected chi connectivity index (χ2v) is 5.63. The lowest BCUT2D eigenvalue weighted by Gasteiger charge is -2.23. The topological polar surface area (TPSA) is 92.1 Å². The molecule has 0 bridgehead atoms. The van der Waals surface area contributed by atoms with Crippen molar-refractivity contribution in [2.45, 2.75) is 25.8 Å². The molecule has 2 aromatic heterocycles. The number of H-pyrrole nitrogens is 1. The van der Waals surface area contributed by atoms with Crippen LogP contribution in [-0.4, -0.2) is 33.0 Å². The summed E-state index contributed by atoms with van der Waals surface area (Å²) in [4.78, 5) is 33.2. The van der Waals surface area contributed by atoms with Crippen LogP contribution in [-0.2, 0) is 11.2 Å². The van der Waals surface area contributed by atoms with Gasteiger partial charge in [0.05, 0.1) is 17.1 Å². The van der Waals surface area contributed by atoms with E-state index in [0.29, 0.717) is 22.4 Å². The largest absolute Gasteiger partial charge is 0.364 e. The van der Waals surface area contributed by atoms with Crippen LogP contribution in [0.15, 0.2) is 45.9 Å². The van der Waals surface area contributed by atoms with Crippen LogP contribution in [0.1, 0.15) is 30.8 Å². The lowest BCUT2D eigenvalue weighted by molar-refractivity contribution is -0.131. The zero-order valence-corrected chi connectivity index (χ0v) is 13.5. The van der Waals surface area contributed by atoms with Gasteiger partial charge in [-0.05, 0) is 19.1 Å². The Balaban J connectivity index is 1.70. The highest BCUT2D eigenvalue weighted by atomic mass is 16.5. The van der Waals surface area contributed by atoms with E-state index in [2.05, 4.69) is 15.1 Å². The highest BCUT2D eigenvalue weighted by molar-refractivity contribution is 5.77. The number of amides is 1. The van der Waals surface area contributed by atoms with Gasteiger partial charge in [-0.1, -0.05) is 17.3 Å². The Morgan fingerprint density at radius 1 is 1.33 bits per heavy atom. The number of aromatic nitrogens is 3. The van der Waals surface area contributed by atoms with Gasteiger partial charge in [-0.25, -0.2) is 4.98 Å². The van der Waals surface area contributed by atoms with Gasteiger partial charge in [-0.3, -0.25) is 9.59 Å². The van der Waals surface area contributed by atoms with E-state index in [9.17, 15) is 9.59 Å². The zero-order chi connectivity index (χ0) is 17.1. The summed E-state index contributed by atoms with van der Waals surface area (Å²) in [6.07, 6.45) is 1.96. The second kappa shape index (κ2) is 6.66. The molecule has 7 heteroatoms. The molecule has 0 fully saturated rings. The van der Waals surface area contributed by atoms with Crippen LogP contribution in [0.4, 0.5) is 0 Å². The van der Waals surface area contributed by atoms with Gasteiger partial charge in [0.2, 0.25) is 5.91 Å². The van der Waals surface area contributed by atoms with Crippen LogP contribution in [0.3, 0.4) is 0 Å². The molecule has 3 aromatic rings. The highest BCUT2D eigenvalue weighted by Crippen LogP contribution is 2.17. The van der Waals surface area contributed by atoms with Crippen molar-refractivity contribution in [2.75, 3.05) is 7.05 Å². The van der Waals surface area contributed by atoms with Gasteiger partial charge < -0.3 is 14.4 Å². The molecule has 3 rings (SSSR count). The molecular formula is C17H18N4O3. The van der Waals surface area contributed by atoms with Crippen LogP contribution in [0.5, 0.6) is 0 Å². The molecule has 0 unspecified atom stereocenters. The molecule has 2 heterocycles. The summed E-state index contributed by atoms with van der Waals surface area (Å²) in [5, 5.41) is 3.85. The predicted octanol–water partition coefficient (Wildman–Crippen LogP) is 2.06. The minimum atomic E-state index is -0.256. The fourth-order valence-corrected chi connectivity index (χ4v) is 2.49. The summed E-state index contributed by atoms with van der Waals surface area (Å²) < 4.78 is 4.81. The minimum absolute atomic E-state index is 0.0835. The molecule has 0 saturated carbocycles. The number of hydrogen-bond acceptors (Lipinski definition) is 5. The number of carbonyl (C=O) groups is 1. The third kappa shape index (κ3) is 3.19. The first-order valence-electron chi connectivity index (χ1n) is 7.70. The van der Waals surface area contributed by atoms with Crippen molar-refractivity contribution in [3.8, 4) is 0 Å². The molecule has 0 spiro atoms. The molecule has 0 aliphatic heterocycles. The Labute approximate surface area is 138 Å². The molecule has 1 N–H and O–H groups in total. The average Bonchev–Trinajstić information content (AvgIpc) is 3.12. The fourth-order valence-electron chi connectivity index (χ4n) is 2.49. The van der Waals surface area contributed by atoms with E-state index in [4.69, 9.17) is 4.52 Å². The highest BCUT2D eigenvalue weighted by Gasteiger charge is 2.20. The van der Waals surface area contributed by atoms with Crippen molar-refractivity contribution < 1.29 is 9.32 Å². The summed E-state index contributed by atoms with van der Waals surface area (Å²) >= 11 is 0. The van der Waals surface area contributed by atoms with Crippen LogP contribution < -0.4 is 5.56 Å². The number of benzene rings is 1. The van der Waals surface area contributed by atoms with Crippen molar-refractivity contribution in [3.63, 3.8) is 0 Å². The predicted molar refractivity (Wildman–Crippen MR) is 88.4 cm³/mol. The summed E-state index contributed by atoms with van der Waals surface area (Å²) in [6.45, 7) is 1.87. The van der Waals surface area contributed by atoms with E-state index < -0.39 is 0 Å². The Morgan fingerprint density at radius 2 is 2.12 bits per heavy atom. The van der Waals surface area contributed by atoms with Gasteiger partial charge in [-0.2, -0.15) is 0 Å². The number of carbonyl (C=O) groups excluding carboxylic acids is 1. The van der Waals surface area contributed by atoms with Crippen LogP contribution in [0, 0.1) is 0 Å². The number of hydrogen-bond donors (Lipinski definition) is 1. The number of nitrogens with one attached hydrogen (secondary N) is 1. The van der Waals surface area contributed by atoms with E-state index in [1.54, 1.807) is 24.1 Å². The normalized spacial score (nSPS) is 12.2. The maximum absolute atomic E-state index is 12.4. The number of aryl methyl sites for hydroxylation is 1. The summed E-state index contributed by atoms with van der Waals surface area (Å²) in [5.74, 6) is -0.0835. The van der Waals surface area contributed by atoms with E-state index in [0.717, 1.165) is 0 Å². The van der Waals surface area contributed by atoms with Crippen LogP contribution in [0.25, 0.3) is 11.0 Å². The van der Waals surface area contributed by atoms with Crippen molar-refractivity contribution >= 4 is 16.9 Å². The monoisotopic (exact) mass is 326 g/mol. The standard InChI is InChI=1S/C17H18N4O3/c1-11(12-9-10-24-20-12)21(2)16(22)8-7-15-17(23)19-14-6-4-3-5-13(14)18-15/h3-6,9-11H,7-8H2,1-2H3,(H,19,23)/t11-/m1/s1. The van der Waals surface area contributed by atoms with Gasteiger partial charge >= 0.3 is 0 Å². The lowest BCUT2D eigenvalue weighted by atomic mass is 10.1.